The van der Waals surface area contributed by atoms with E-state index in [1.807, 2.05) is 39.8 Å². The van der Waals surface area contributed by atoms with Crippen LogP contribution in [0.4, 0.5) is 0 Å². The lowest BCUT2D eigenvalue weighted by Crippen LogP contribution is -2.22. The van der Waals surface area contributed by atoms with Crippen LogP contribution in [-0.4, -0.2) is 11.6 Å². The van der Waals surface area contributed by atoms with Gasteiger partial charge in [-0.2, -0.15) is 0 Å². The van der Waals surface area contributed by atoms with Crippen molar-refractivity contribution in [3.8, 4) is 0 Å². The van der Waals surface area contributed by atoms with Gasteiger partial charge >= 0.3 is 5.97 Å². The summed E-state index contributed by atoms with van der Waals surface area (Å²) in [4.78, 5) is 11.2. The monoisotopic (exact) mass is 196 g/mol. The highest BCUT2D eigenvalue weighted by Crippen LogP contribution is 2.07. The molecule has 0 aliphatic rings. The van der Waals surface area contributed by atoms with Crippen LogP contribution in [0.5, 0.6) is 0 Å². The molecule has 0 aliphatic carbocycles. The van der Waals surface area contributed by atoms with Crippen molar-refractivity contribution < 1.29 is 9.53 Å². The molecule has 2 heteroatoms. The quantitative estimate of drug-likeness (QED) is 0.298. The van der Waals surface area contributed by atoms with E-state index in [9.17, 15) is 4.79 Å². The van der Waals surface area contributed by atoms with Gasteiger partial charge in [-0.25, -0.2) is 4.79 Å². The third kappa shape index (κ3) is 9.04. The molecule has 0 aromatic heterocycles. The predicted octanol–water partition coefficient (Wildman–Crippen LogP) is 3.24. The number of rotatable bonds is 4. The molecule has 0 bridgehead atoms. The SMILES string of the molecule is C/C=C/CC/C=C/C(=O)OC(C)(C)C. The van der Waals surface area contributed by atoms with E-state index in [0.717, 1.165) is 12.8 Å². The van der Waals surface area contributed by atoms with E-state index in [2.05, 4.69) is 6.08 Å². The molecule has 0 aromatic rings. The van der Waals surface area contributed by atoms with E-state index in [0.29, 0.717) is 0 Å². The molecular weight excluding hydrogens is 176 g/mol. The van der Waals surface area contributed by atoms with Gasteiger partial charge in [0.25, 0.3) is 0 Å². The van der Waals surface area contributed by atoms with Crippen molar-refractivity contribution in [1.82, 2.24) is 0 Å². The molecule has 0 radical (unpaired) electrons. The molecule has 14 heavy (non-hydrogen) atoms. The number of esters is 1. The van der Waals surface area contributed by atoms with Crippen molar-refractivity contribution >= 4 is 5.97 Å². The highest BCUT2D eigenvalue weighted by atomic mass is 16.6. The van der Waals surface area contributed by atoms with Crippen molar-refractivity contribution in [1.29, 1.82) is 0 Å². The molecule has 2 nitrogen and oxygen atoms in total. The molecule has 0 N–H and O–H groups in total. The number of carbonyl (C=O) groups is 1. The van der Waals surface area contributed by atoms with Crippen molar-refractivity contribution in [3.05, 3.63) is 24.3 Å². The van der Waals surface area contributed by atoms with Crippen LogP contribution >= 0.6 is 0 Å². The largest absolute Gasteiger partial charge is 0.457 e. The van der Waals surface area contributed by atoms with Crippen LogP contribution in [0.15, 0.2) is 24.3 Å². The van der Waals surface area contributed by atoms with Crippen LogP contribution in [0.1, 0.15) is 40.5 Å². The summed E-state index contributed by atoms with van der Waals surface area (Å²) in [6.07, 6.45) is 9.25. The average Bonchev–Trinajstić information content (AvgIpc) is 2.00. The Morgan fingerprint density at radius 1 is 1.21 bits per heavy atom. The fourth-order valence-electron chi connectivity index (χ4n) is 0.874. The molecule has 0 aliphatic heterocycles. The van der Waals surface area contributed by atoms with Gasteiger partial charge in [-0.3, -0.25) is 0 Å². The van der Waals surface area contributed by atoms with Crippen molar-refractivity contribution in [2.45, 2.75) is 46.1 Å². The number of hydrogen-bond acceptors (Lipinski definition) is 2. The van der Waals surface area contributed by atoms with Gasteiger partial charge in [-0.05, 0) is 40.5 Å². The number of ether oxygens (including phenoxy) is 1. The standard InChI is InChI=1S/C12H20O2/c1-5-6-7-8-9-10-11(13)14-12(2,3)4/h5-6,9-10H,7-8H2,1-4H3/b6-5+,10-9+. The second-order valence-corrected chi connectivity index (χ2v) is 4.08. The zero-order valence-corrected chi connectivity index (χ0v) is 9.54. The van der Waals surface area contributed by atoms with Crippen molar-refractivity contribution in [2.75, 3.05) is 0 Å². The lowest BCUT2D eigenvalue weighted by atomic mass is 10.2. The van der Waals surface area contributed by atoms with Gasteiger partial charge in [0.2, 0.25) is 0 Å². The minimum Gasteiger partial charge on any atom is -0.457 e. The Bertz CT molecular complexity index is 219. The summed E-state index contributed by atoms with van der Waals surface area (Å²) in [6, 6.07) is 0. The zero-order valence-electron chi connectivity index (χ0n) is 9.54. The molecule has 0 saturated heterocycles. The predicted molar refractivity (Wildman–Crippen MR) is 59.0 cm³/mol. The van der Waals surface area contributed by atoms with Crippen LogP contribution in [0, 0.1) is 0 Å². The molecule has 0 aromatic carbocycles. The fraction of sp³-hybridized carbons (Fsp3) is 0.583. The van der Waals surface area contributed by atoms with E-state index in [1.165, 1.54) is 6.08 Å². The lowest BCUT2D eigenvalue weighted by molar-refractivity contribution is -0.148. The molecule has 80 valence electrons. The molecule has 0 amide bonds. The van der Waals surface area contributed by atoms with Gasteiger partial charge in [0.1, 0.15) is 5.60 Å². The number of hydrogen-bond donors (Lipinski definition) is 0. The minimum absolute atomic E-state index is 0.266. The molecule has 0 spiro atoms. The maximum Gasteiger partial charge on any atom is 0.330 e. The van der Waals surface area contributed by atoms with Crippen LogP contribution < -0.4 is 0 Å². The summed E-state index contributed by atoms with van der Waals surface area (Å²) in [5.41, 5.74) is -0.398. The molecule has 0 atom stereocenters. The maximum absolute atomic E-state index is 11.2. The molecule has 0 saturated carbocycles. The van der Waals surface area contributed by atoms with Crippen LogP contribution in [0.2, 0.25) is 0 Å². The smallest absolute Gasteiger partial charge is 0.330 e. The Hall–Kier alpha value is -1.05. The van der Waals surface area contributed by atoms with Gasteiger partial charge < -0.3 is 4.74 Å². The first-order valence-corrected chi connectivity index (χ1v) is 4.96. The first kappa shape index (κ1) is 12.9. The molecule has 0 unspecified atom stereocenters. The number of allylic oxidation sites excluding steroid dienone is 3. The fourth-order valence-corrected chi connectivity index (χ4v) is 0.874. The lowest BCUT2D eigenvalue weighted by Gasteiger charge is -2.17. The van der Waals surface area contributed by atoms with Crippen molar-refractivity contribution in [2.24, 2.45) is 0 Å². The minimum atomic E-state index is -0.398. The zero-order chi connectivity index (χ0) is 11.0. The topological polar surface area (TPSA) is 26.3 Å². The van der Waals surface area contributed by atoms with E-state index in [1.54, 1.807) is 0 Å². The normalized spacial score (nSPS) is 12.6. The van der Waals surface area contributed by atoms with E-state index < -0.39 is 5.60 Å². The van der Waals surface area contributed by atoms with E-state index in [-0.39, 0.29) is 5.97 Å². The molecule has 0 fully saturated rings. The Morgan fingerprint density at radius 2 is 1.79 bits per heavy atom. The van der Waals surface area contributed by atoms with Crippen LogP contribution in [-0.2, 0) is 9.53 Å². The molecule has 0 rings (SSSR count). The Balaban J connectivity index is 3.72. The molecule has 0 heterocycles. The molecular formula is C12H20O2. The van der Waals surface area contributed by atoms with Gasteiger partial charge in [0.05, 0.1) is 0 Å². The van der Waals surface area contributed by atoms with Crippen molar-refractivity contribution in [3.63, 3.8) is 0 Å². The number of unbranched alkanes of at least 4 members (excludes halogenated alkanes) is 1. The van der Waals surface area contributed by atoms with Gasteiger partial charge in [0, 0.05) is 6.08 Å². The van der Waals surface area contributed by atoms with E-state index >= 15 is 0 Å². The number of carbonyl (C=O) groups excluding carboxylic acids is 1. The van der Waals surface area contributed by atoms with Gasteiger partial charge in [0.15, 0.2) is 0 Å². The second kappa shape index (κ2) is 6.41. The Labute approximate surface area is 86.6 Å². The third-order valence-corrected chi connectivity index (χ3v) is 1.40. The van der Waals surface area contributed by atoms with Crippen LogP contribution in [0.25, 0.3) is 0 Å². The summed E-state index contributed by atoms with van der Waals surface area (Å²) >= 11 is 0. The van der Waals surface area contributed by atoms with Gasteiger partial charge in [-0.1, -0.05) is 18.2 Å². The highest BCUT2D eigenvalue weighted by Gasteiger charge is 2.13. The van der Waals surface area contributed by atoms with E-state index in [4.69, 9.17) is 4.74 Å². The summed E-state index contributed by atoms with van der Waals surface area (Å²) in [7, 11) is 0. The summed E-state index contributed by atoms with van der Waals surface area (Å²) < 4.78 is 5.10. The van der Waals surface area contributed by atoms with Crippen LogP contribution in [0.3, 0.4) is 0 Å². The summed E-state index contributed by atoms with van der Waals surface area (Å²) in [5.74, 6) is -0.266. The van der Waals surface area contributed by atoms with Gasteiger partial charge in [-0.15, -0.1) is 0 Å². The Kier molecular flexibility index (Phi) is 5.93. The second-order valence-electron chi connectivity index (χ2n) is 4.08. The third-order valence-electron chi connectivity index (χ3n) is 1.40. The average molecular weight is 196 g/mol. The summed E-state index contributed by atoms with van der Waals surface area (Å²) in [5, 5.41) is 0. The highest BCUT2D eigenvalue weighted by molar-refractivity contribution is 5.82. The Morgan fingerprint density at radius 3 is 2.29 bits per heavy atom. The maximum atomic E-state index is 11.2. The first-order valence-electron chi connectivity index (χ1n) is 4.96. The summed E-state index contributed by atoms with van der Waals surface area (Å²) in [6.45, 7) is 7.56. The first-order chi connectivity index (χ1) is 6.45.